The largest absolute Gasteiger partial charge is 0.208 e. The molecule has 0 N–H and O–H groups in total. The SMILES string of the molecule is N#Cc1cc(-c2ccccc2)cc(-c2nc(-c3cccc(-c4ccccc4)c3)nc(-c3ccc(-c4ccc(C56CC7CC(CC(C7)C5)C6)cc4)c(-c4ccccc4)c3)n2)c1. The molecule has 60 heavy (non-hydrogen) atoms. The fraction of sp³-hybridized carbons (Fsp3) is 0.179. The highest BCUT2D eigenvalue weighted by atomic mass is 15.0. The van der Waals surface area contributed by atoms with Crippen molar-refractivity contribution in [3.8, 4) is 84.7 Å². The lowest BCUT2D eigenvalue weighted by molar-refractivity contribution is -0.00518. The zero-order valence-electron chi connectivity index (χ0n) is 33.5. The van der Waals surface area contributed by atoms with Gasteiger partial charge in [0.15, 0.2) is 17.5 Å². The second kappa shape index (κ2) is 15.0. The lowest BCUT2D eigenvalue weighted by Gasteiger charge is -2.57. The summed E-state index contributed by atoms with van der Waals surface area (Å²) in [5.74, 6) is 4.41. The van der Waals surface area contributed by atoms with Crippen molar-refractivity contribution in [2.45, 2.75) is 43.9 Å². The topological polar surface area (TPSA) is 62.5 Å². The van der Waals surface area contributed by atoms with E-state index in [1.807, 2.05) is 36.4 Å². The molecule has 12 rings (SSSR count). The number of aromatic nitrogens is 3. The monoisotopic (exact) mass is 772 g/mol. The third kappa shape index (κ3) is 6.81. The third-order valence-corrected chi connectivity index (χ3v) is 13.5. The van der Waals surface area contributed by atoms with Gasteiger partial charge >= 0.3 is 0 Å². The second-order valence-corrected chi connectivity index (χ2v) is 17.4. The molecule has 4 nitrogen and oxygen atoms in total. The summed E-state index contributed by atoms with van der Waals surface area (Å²) in [7, 11) is 0. The maximum atomic E-state index is 10.2. The van der Waals surface area contributed by atoms with E-state index in [1.54, 1.807) is 5.56 Å². The third-order valence-electron chi connectivity index (χ3n) is 13.5. The van der Waals surface area contributed by atoms with Gasteiger partial charge in [0, 0.05) is 16.7 Å². The normalized spacial score (nSPS) is 20.1. The molecule has 288 valence electrons. The Kier molecular flexibility index (Phi) is 9.04. The van der Waals surface area contributed by atoms with Gasteiger partial charge in [-0.25, -0.2) is 15.0 Å². The highest BCUT2D eigenvalue weighted by Gasteiger charge is 2.51. The van der Waals surface area contributed by atoms with Crippen LogP contribution in [-0.4, -0.2) is 15.0 Å². The number of rotatable bonds is 8. The Labute approximate surface area is 352 Å². The molecule has 4 aliphatic carbocycles. The Morgan fingerprint density at radius 1 is 0.383 bits per heavy atom. The van der Waals surface area contributed by atoms with Gasteiger partial charge in [0.2, 0.25) is 0 Å². The van der Waals surface area contributed by atoms with Crippen LogP contribution in [0.25, 0.3) is 78.7 Å². The molecule has 1 aromatic heterocycles. The minimum absolute atomic E-state index is 0.364. The highest BCUT2D eigenvalue weighted by Crippen LogP contribution is 2.60. The van der Waals surface area contributed by atoms with E-state index in [0.717, 1.165) is 67.8 Å². The molecule has 0 unspecified atom stereocenters. The fourth-order valence-corrected chi connectivity index (χ4v) is 11.1. The quantitative estimate of drug-likeness (QED) is 0.154. The van der Waals surface area contributed by atoms with Crippen LogP contribution in [0.3, 0.4) is 0 Å². The van der Waals surface area contributed by atoms with Crippen LogP contribution in [0.15, 0.2) is 176 Å². The Bertz CT molecular complexity index is 2860. The van der Waals surface area contributed by atoms with Crippen molar-refractivity contribution >= 4 is 0 Å². The summed E-state index contributed by atoms with van der Waals surface area (Å²) in [6.45, 7) is 0. The molecule has 4 aliphatic rings. The van der Waals surface area contributed by atoms with Gasteiger partial charge < -0.3 is 0 Å². The van der Waals surface area contributed by atoms with E-state index in [4.69, 9.17) is 15.0 Å². The van der Waals surface area contributed by atoms with Crippen LogP contribution >= 0.6 is 0 Å². The molecule has 4 saturated carbocycles. The van der Waals surface area contributed by atoms with Crippen LogP contribution < -0.4 is 0 Å². The average molecular weight is 773 g/mol. The standard InChI is InChI=1S/C56H44N4/c57-36-40-28-48(42-13-6-2-7-14-42)31-49(29-40)55-59-53(46-18-10-17-45(30-46)41-11-4-1-5-12-41)58-54(60-55)47-21-24-51(52(32-47)43-15-8-3-9-16-43)44-19-22-50(23-20-44)56-33-37-25-38(34-56)27-39(26-37)35-56/h1-24,28-32,37-39H,25-27,33-35H2. The lowest BCUT2D eigenvalue weighted by Crippen LogP contribution is -2.48. The summed E-state index contributed by atoms with van der Waals surface area (Å²) in [6, 6.07) is 64.0. The van der Waals surface area contributed by atoms with Crippen LogP contribution in [0.5, 0.6) is 0 Å². The first kappa shape index (κ1) is 36.1. The molecule has 7 aromatic carbocycles. The van der Waals surface area contributed by atoms with E-state index in [1.165, 1.54) is 49.7 Å². The van der Waals surface area contributed by atoms with Gasteiger partial charge in [0.05, 0.1) is 11.6 Å². The van der Waals surface area contributed by atoms with E-state index in [9.17, 15) is 5.26 Å². The summed E-state index contributed by atoms with van der Waals surface area (Å²) >= 11 is 0. The summed E-state index contributed by atoms with van der Waals surface area (Å²) in [5.41, 5.74) is 13.8. The Morgan fingerprint density at radius 3 is 1.43 bits per heavy atom. The molecule has 4 heteroatoms. The van der Waals surface area contributed by atoms with Gasteiger partial charge in [-0.2, -0.15) is 5.26 Å². The van der Waals surface area contributed by atoms with Crippen molar-refractivity contribution in [1.82, 2.24) is 15.0 Å². The molecule has 4 bridgehead atoms. The molecule has 0 saturated heterocycles. The van der Waals surface area contributed by atoms with Gasteiger partial charge in [-0.15, -0.1) is 0 Å². The zero-order chi connectivity index (χ0) is 40.0. The van der Waals surface area contributed by atoms with Gasteiger partial charge in [0.1, 0.15) is 0 Å². The summed E-state index contributed by atoms with van der Waals surface area (Å²) in [5, 5.41) is 10.2. The van der Waals surface area contributed by atoms with Crippen molar-refractivity contribution in [3.63, 3.8) is 0 Å². The molecule has 1 heterocycles. The van der Waals surface area contributed by atoms with Crippen molar-refractivity contribution in [3.05, 3.63) is 187 Å². The maximum Gasteiger partial charge on any atom is 0.164 e. The van der Waals surface area contributed by atoms with E-state index < -0.39 is 0 Å². The summed E-state index contributed by atoms with van der Waals surface area (Å²) in [4.78, 5) is 15.5. The number of nitriles is 1. The molecular weight excluding hydrogens is 729 g/mol. The first-order valence-corrected chi connectivity index (χ1v) is 21.4. The number of hydrogen-bond acceptors (Lipinski definition) is 4. The average Bonchev–Trinajstić information content (AvgIpc) is 3.31. The summed E-state index contributed by atoms with van der Waals surface area (Å²) < 4.78 is 0. The molecule has 0 radical (unpaired) electrons. The molecule has 0 atom stereocenters. The van der Waals surface area contributed by atoms with Gasteiger partial charge in [-0.1, -0.05) is 146 Å². The number of nitrogens with zero attached hydrogens (tertiary/aromatic N) is 4. The Hall–Kier alpha value is -6.96. The molecule has 0 spiro atoms. The fourth-order valence-electron chi connectivity index (χ4n) is 11.1. The molecule has 8 aromatic rings. The van der Waals surface area contributed by atoms with Gasteiger partial charge in [-0.3, -0.25) is 0 Å². The van der Waals surface area contributed by atoms with Crippen LogP contribution in [0.2, 0.25) is 0 Å². The smallest absolute Gasteiger partial charge is 0.164 e. The predicted octanol–water partition coefficient (Wildman–Crippen LogP) is 13.9. The van der Waals surface area contributed by atoms with Crippen LogP contribution in [-0.2, 0) is 5.41 Å². The van der Waals surface area contributed by atoms with Gasteiger partial charge in [0.25, 0.3) is 0 Å². The lowest BCUT2D eigenvalue weighted by atomic mass is 9.48. The van der Waals surface area contributed by atoms with Gasteiger partial charge in [-0.05, 0) is 142 Å². The minimum Gasteiger partial charge on any atom is -0.208 e. The predicted molar refractivity (Wildman–Crippen MR) is 242 cm³/mol. The first-order valence-electron chi connectivity index (χ1n) is 21.4. The summed E-state index contributed by atoms with van der Waals surface area (Å²) in [6.07, 6.45) is 8.45. The molecule has 4 fully saturated rings. The minimum atomic E-state index is 0.364. The molecule has 0 amide bonds. The van der Waals surface area contributed by atoms with Crippen molar-refractivity contribution in [2.24, 2.45) is 17.8 Å². The zero-order valence-corrected chi connectivity index (χ0v) is 33.5. The van der Waals surface area contributed by atoms with Crippen molar-refractivity contribution in [2.75, 3.05) is 0 Å². The molecule has 0 aliphatic heterocycles. The van der Waals surface area contributed by atoms with Crippen LogP contribution in [0, 0.1) is 29.1 Å². The first-order chi connectivity index (χ1) is 29.6. The Morgan fingerprint density at radius 2 is 0.833 bits per heavy atom. The van der Waals surface area contributed by atoms with Crippen molar-refractivity contribution in [1.29, 1.82) is 5.26 Å². The molecular formula is C56H44N4. The Balaban J connectivity index is 1.04. The van der Waals surface area contributed by atoms with E-state index in [-0.39, 0.29) is 0 Å². The van der Waals surface area contributed by atoms with Crippen LogP contribution in [0.1, 0.15) is 49.7 Å². The maximum absolute atomic E-state index is 10.2. The number of hydrogen-bond donors (Lipinski definition) is 0. The number of benzene rings is 7. The van der Waals surface area contributed by atoms with E-state index in [0.29, 0.717) is 28.5 Å². The highest BCUT2D eigenvalue weighted by molar-refractivity contribution is 5.87. The second-order valence-electron chi connectivity index (χ2n) is 17.4. The van der Waals surface area contributed by atoms with Crippen molar-refractivity contribution < 1.29 is 0 Å². The van der Waals surface area contributed by atoms with E-state index >= 15 is 0 Å². The van der Waals surface area contributed by atoms with E-state index in [2.05, 4.69) is 146 Å². The van der Waals surface area contributed by atoms with Crippen LogP contribution in [0.4, 0.5) is 0 Å².